The van der Waals surface area contributed by atoms with E-state index in [4.69, 9.17) is 9.84 Å². The Bertz CT molecular complexity index is 450. The second-order valence-corrected chi connectivity index (χ2v) is 5.97. The Balaban J connectivity index is 1.90. The topological polar surface area (TPSA) is 99.2 Å². The van der Waals surface area contributed by atoms with E-state index in [1.54, 1.807) is 4.90 Å². The number of carbonyl (C=O) groups is 3. The molecule has 23 heavy (non-hydrogen) atoms. The minimum absolute atomic E-state index is 0.101. The first-order valence-corrected chi connectivity index (χ1v) is 8.17. The maximum Gasteiger partial charge on any atom is 0.318 e. The molecule has 2 atom stereocenters. The zero-order valence-corrected chi connectivity index (χ0v) is 13.5. The van der Waals surface area contributed by atoms with Crippen molar-refractivity contribution in [2.75, 3.05) is 39.4 Å². The van der Waals surface area contributed by atoms with Gasteiger partial charge in [-0.05, 0) is 19.3 Å². The number of piperidine rings is 1. The van der Waals surface area contributed by atoms with Gasteiger partial charge >= 0.3 is 12.0 Å². The predicted octanol–water partition coefficient (Wildman–Crippen LogP) is 0.130. The molecule has 0 aliphatic carbocycles. The van der Waals surface area contributed by atoms with E-state index in [-0.39, 0.29) is 18.5 Å². The Morgan fingerprint density at radius 2 is 1.91 bits per heavy atom. The molecule has 2 fully saturated rings. The summed E-state index contributed by atoms with van der Waals surface area (Å²) in [5.41, 5.74) is 0. The summed E-state index contributed by atoms with van der Waals surface area (Å²) >= 11 is 0. The molecule has 8 nitrogen and oxygen atoms in total. The molecule has 2 heterocycles. The van der Waals surface area contributed by atoms with Crippen molar-refractivity contribution in [1.82, 2.24) is 15.1 Å². The van der Waals surface area contributed by atoms with Gasteiger partial charge in [-0.2, -0.15) is 0 Å². The summed E-state index contributed by atoms with van der Waals surface area (Å²) in [7, 11) is 0. The number of carboxylic acid groups (broad SMARTS) is 1. The molecule has 2 aliphatic heterocycles. The standard InChI is InChI=1S/C15H25N3O5/c1-2-12(13(19)17-6-8-23-9-7-17)16-15(22)18-5-3-4-11(10-18)14(20)21/h11-12H,2-10H2,1H3,(H,16,22)(H,20,21). The number of rotatable bonds is 4. The van der Waals surface area contributed by atoms with E-state index in [2.05, 4.69) is 5.32 Å². The van der Waals surface area contributed by atoms with Gasteiger partial charge in [0.05, 0.1) is 19.1 Å². The van der Waals surface area contributed by atoms with Gasteiger partial charge in [0.1, 0.15) is 6.04 Å². The molecule has 0 spiro atoms. The molecule has 2 saturated heterocycles. The van der Waals surface area contributed by atoms with E-state index in [1.807, 2.05) is 6.92 Å². The minimum atomic E-state index is -0.876. The van der Waals surface area contributed by atoms with Crippen molar-refractivity contribution in [2.24, 2.45) is 5.92 Å². The van der Waals surface area contributed by atoms with Crippen molar-refractivity contribution < 1.29 is 24.2 Å². The van der Waals surface area contributed by atoms with E-state index in [1.165, 1.54) is 4.90 Å². The minimum Gasteiger partial charge on any atom is -0.481 e. The SMILES string of the molecule is CCC(NC(=O)N1CCCC(C(=O)O)C1)C(=O)N1CCOCC1. The van der Waals surface area contributed by atoms with E-state index >= 15 is 0 Å². The van der Waals surface area contributed by atoms with Crippen molar-refractivity contribution >= 4 is 17.9 Å². The number of hydrogen-bond acceptors (Lipinski definition) is 4. The molecule has 0 aromatic heterocycles. The number of hydrogen-bond donors (Lipinski definition) is 2. The third kappa shape index (κ3) is 4.57. The lowest BCUT2D eigenvalue weighted by Crippen LogP contribution is -2.55. The van der Waals surface area contributed by atoms with Crippen LogP contribution in [-0.4, -0.2) is 78.2 Å². The lowest BCUT2D eigenvalue weighted by molar-refractivity contribution is -0.143. The van der Waals surface area contributed by atoms with Gasteiger partial charge in [0, 0.05) is 26.2 Å². The third-order valence-corrected chi connectivity index (χ3v) is 4.38. The molecule has 130 valence electrons. The van der Waals surface area contributed by atoms with Crippen molar-refractivity contribution in [2.45, 2.75) is 32.2 Å². The molecule has 0 radical (unpaired) electrons. The van der Waals surface area contributed by atoms with Crippen molar-refractivity contribution in [1.29, 1.82) is 0 Å². The number of morpholine rings is 1. The van der Waals surface area contributed by atoms with Crippen molar-refractivity contribution in [3.8, 4) is 0 Å². The number of carboxylic acids is 1. The van der Waals surface area contributed by atoms with Crippen LogP contribution in [-0.2, 0) is 14.3 Å². The number of carbonyl (C=O) groups excluding carboxylic acids is 2. The Hall–Kier alpha value is -1.83. The highest BCUT2D eigenvalue weighted by atomic mass is 16.5. The van der Waals surface area contributed by atoms with E-state index in [9.17, 15) is 14.4 Å². The fourth-order valence-corrected chi connectivity index (χ4v) is 2.95. The summed E-state index contributed by atoms with van der Waals surface area (Å²) in [6, 6.07) is -0.935. The molecule has 3 amide bonds. The number of aliphatic carboxylic acids is 1. The molecule has 2 rings (SSSR count). The number of nitrogens with one attached hydrogen (secondary N) is 1. The van der Waals surface area contributed by atoms with Gasteiger partial charge in [-0.15, -0.1) is 0 Å². The van der Waals surface area contributed by atoms with Gasteiger partial charge < -0.3 is 25.0 Å². The van der Waals surface area contributed by atoms with Gasteiger partial charge in [0.25, 0.3) is 0 Å². The highest BCUT2D eigenvalue weighted by Crippen LogP contribution is 2.17. The number of urea groups is 1. The van der Waals surface area contributed by atoms with Gasteiger partial charge in [-0.3, -0.25) is 9.59 Å². The van der Waals surface area contributed by atoms with Gasteiger partial charge in [-0.1, -0.05) is 6.92 Å². The summed E-state index contributed by atoms with van der Waals surface area (Å²) in [6.07, 6.45) is 1.75. The van der Waals surface area contributed by atoms with Crippen LogP contribution < -0.4 is 5.32 Å². The summed E-state index contributed by atoms with van der Waals surface area (Å²) in [5.74, 6) is -1.50. The first-order valence-electron chi connectivity index (χ1n) is 8.17. The molecule has 0 aromatic rings. The number of nitrogens with zero attached hydrogens (tertiary/aromatic N) is 2. The molecule has 8 heteroatoms. The van der Waals surface area contributed by atoms with Crippen molar-refractivity contribution in [3.05, 3.63) is 0 Å². The van der Waals surface area contributed by atoms with E-state index in [0.717, 1.165) is 0 Å². The van der Waals surface area contributed by atoms with Crippen LogP contribution in [0.3, 0.4) is 0 Å². The lowest BCUT2D eigenvalue weighted by Gasteiger charge is -2.34. The number of ether oxygens (including phenoxy) is 1. The fraction of sp³-hybridized carbons (Fsp3) is 0.800. The second-order valence-electron chi connectivity index (χ2n) is 5.97. The van der Waals surface area contributed by atoms with Crippen LogP contribution in [0.15, 0.2) is 0 Å². The summed E-state index contributed by atoms with van der Waals surface area (Å²) in [5, 5.41) is 11.8. The number of likely N-dealkylation sites (tertiary alicyclic amines) is 1. The molecule has 0 aromatic carbocycles. The predicted molar refractivity (Wildman–Crippen MR) is 81.9 cm³/mol. The van der Waals surface area contributed by atoms with Crippen LogP contribution in [0.2, 0.25) is 0 Å². The van der Waals surface area contributed by atoms with Crippen LogP contribution in [0.4, 0.5) is 4.79 Å². The molecule has 0 saturated carbocycles. The Labute approximate surface area is 135 Å². The van der Waals surface area contributed by atoms with E-state index < -0.39 is 17.9 Å². The smallest absolute Gasteiger partial charge is 0.318 e. The maximum atomic E-state index is 12.5. The molecular formula is C15H25N3O5. The molecule has 2 aliphatic rings. The molecular weight excluding hydrogens is 302 g/mol. The zero-order chi connectivity index (χ0) is 16.8. The van der Waals surface area contributed by atoms with Crippen LogP contribution in [0.1, 0.15) is 26.2 Å². The largest absolute Gasteiger partial charge is 0.481 e. The van der Waals surface area contributed by atoms with Crippen molar-refractivity contribution in [3.63, 3.8) is 0 Å². The van der Waals surface area contributed by atoms with Crippen LogP contribution >= 0.6 is 0 Å². The number of amides is 3. The highest BCUT2D eigenvalue weighted by molar-refractivity contribution is 5.87. The zero-order valence-electron chi connectivity index (χ0n) is 13.5. The van der Waals surface area contributed by atoms with Gasteiger partial charge in [-0.25, -0.2) is 4.79 Å². The Kier molecular flexibility index (Phi) is 6.20. The lowest BCUT2D eigenvalue weighted by atomic mass is 9.99. The van der Waals surface area contributed by atoms with Gasteiger partial charge in [0.15, 0.2) is 0 Å². The monoisotopic (exact) mass is 327 g/mol. The first kappa shape index (κ1) is 17.5. The molecule has 0 bridgehead atoms. The molecule has 2 N–H and O–H groups in total. The quantitative estimate of drug-likeness (QED) is 0.765. The average Bonchev–Trinajstić information content (AvgIpc) is 2.59. The average molecular weight is 327 g/mol. The Morgan fingerprint density at radius 3 is 2.52 bits per heavy atom. The first-order chi connectivity index (χ1) is 11.0. The maximum absolute atomic E-state index is 12.5. The Morgan fingerprint density at radius 1 is 1.22 bits per heavy atom. The summed E-state index contributed by atoms with van der Waals surface area (Å²) in [4.78, 5) is 39.1. The van der Waals surface area contributed by atoms with Crippen LogP contribution in [0.25, 0.3) is 0 Å². The summed E-state index contributed by atoms with van der Waals surface area (Å²) < 4.78 is 5.23. The van der Waals surface area contributed by atoms with Crippen LogP contribution in [0, 0.1) is 5.92 Å². The van der Waals surface area contributed by atoms with E-state index in [0.29, 0.717) is 52.1 Å². The summed E-state index contributed by atoms with van der Waals surface area (Å²) in [6.45, 7) is 4.68. The fourth-order valence-electron chi connectivity index (χ4n) is 2.95. The molecule has 2 unspecified atom stereocenters. The van der Waals surface area contributed by atoms with Gasteiger partial charge in [0.2, 0.25) is 5.91 Å². The normalized spacial score (nSPS) is 23.3. The van der Waals surface area contributed by atoms with Crippen LogP contribution in [0.5, 0.6) is 0 Å². The third-order valence-electron chi connectivity index (χ3n) is 4.38. The highest BCUT2D eigenvalue weighted by Gasteiger charge is 2.31. The second kappa shape index (κ2) is 8.14.